The van der Waals surface area contributed by atoms with Crippen LogP contribution in [0, 0.1) is 0 Å². The van der Waals surface area contributed by atoms with Gasteiger partial charge in [0.25, 0.3) is 0 Å². The van der Waals surface area contributed by atoms with E-state index in [2.05, 4.69) is 15.9 Å². The first-order chi connectivity index (χ1) is 8.70. The predicted molar refractivity (Wildman–Crippen MR) is 80.1 cm³/mol. The summed E-state index contributed by atoms with van der Waals surface area (Å²) in [4.78, 5) is 13.6. The number of thiophene rings is 1. The number of thioether (sulfide) groups is 1. The molecule has 0 bridgehead atoms. The number of hydrogen-bond acceptors (Lipinski definition) is 4. The van der Waals surface area contributed by atoms with Crippen LogP contribution in [0.4, 0.5) is 0 Å². The zero-order valence-electron chi connectivity index (χ0n) is 9.68. The van der Waals surface area contributed by atoms with Crippen molar-refractivity contribution in [1.82, 2.24) is 0 Å². The predicted octanol–water partition coefficient (Wildman–Crippen LogP) is 4.49. The molecule has 0 aliphatic carbocycles. The molecule has 5 heteroatoms. The van der Waals surface area contributed by atoms with E-state index in [0.29, 0.717) is 4.88 Å². The van der Waals surface area contributed by atoms with Gasteiger partial charge in [0.15, 0.2) is 6.61 Å². The first-order valence-corrected chi connectivity index (χ1v) is 8.08. The molecule has 0 N–H and O–H groups in total. The summed E-state index contributed by atoms with van der Waals surface area (Å²) < 4.78 is 6.53. The van der Waals surface area contributed by atoms with E-state index < -0.39 is 0 Å². The maximum atomic E-state index is 11.9. The summed E-state index contributed by atoms with van der Waals surface area (Å²) in [7, 11) is 0. The molecule has 2 nitrogen and oxygen atoms in total. The Morgan fingerprint density at radius 1 is 1.33 bits per heavy atom. The highest BCUT2D eigenvalue weighted by atomic mass is 79.9. The molecule has 0 aliphatic rings. The molecule has 0 amide bonds. The van der Waals surface area contributed by atoms with Crippen molar-refractivity contribution in [2.45, 2.75) is 4.90 Å². The van der Waals surface area contributed by atoms with Crippen molar-refractivity contribution < 1.29 is 9.53 Å². The molecule has 1 aromatic heterocycles. The second-order valence-corrected chi connectivity index (χ2v) is 6.78. The third kappa shape index (κ3) is 3.37. The minimum atomic E-state index is 0.00149. The summed E-state index contributed by atoms with van der Waals surface area (Å²) in [6.45, 7) is 0.0739. The monoisotopic (exact) mass is 342 g/mol. The molecule has 0 radical (unpaired) electrons. The highest BCUT2D eigenvalue weighted by molar-refractivity contribution is 9.11. The second-order valence-electron chi connectivity index (χ2n) is 3.47. The lowest BCUT2D eigenvalue weighted by Gasteiger charge is -2.08. The van der Waals surface area contributed by atoms with E-state index >= 15 is 0 Å². The van der Waals surface area contributed by atoms with Crippen LogP contribution >= 0.6 is 39.0 Å². The molecule has 1 aromatic carbocycles. The zero-order valence-corrected chi connectivity index (χ0v) is 12.9. The van der Waals surface area contributed by atoms with Gasteiger partial charge in [-0.1, -0.05) is 12.1 Å². The minimum Gasteiger partial charge on any atom is -0.484 e. The van der Waals surface area contributed by atoms with E-state index in [9.17, 15) is 4.79 Å². The third-order valence-electron chi connectivity index (χ3n) is 2.28. The summed E-state index contributed by atoms with van der Waals surface area (Å²) >= 11 is 6.37. The highest BCUT2D eigenvalue weighted by Crippen LogP contribution is 2.27. The van der Waals surface area contributed by atoms with Gasteiger partial charge in [-0.3, -0.25) is 4.79 Å². The largest absolute Gasteiger partial charge is 0.484 e. The highest BCUT2D eigenvalue weighted by Gasteiger charge is 2.10. The Hall–Kier alpha value is -0.780. The van der Waals surface area contributed by atoms with E-state index in [1.54, 1.807) is 17.8 Å². The van der Waals surface area contributed by atoms with Crippen LogP contribution in [0.3, 0.4) is 0 Å². The minimum absolute atomic E-state index is 0.00149. The van der Waals surface area contributed by atoms with Crippen molar-refractivity contribution in [3.8, 4) is 5.75 Å². The van der Waals surface area contributed by atoms with Gasteiger partial charge in [0.1, 0.15) is 5.75 Å². The molecule has 0 saturated carbocycles. The Labute approximate surface area is 122 Å². The molecule has 0 spiro atoms. The zero-order chi connectivity index (χ0) is 13.0. The molecule has 0 fully saturated rings. The average molecular weight is 343 g/mol. The fraction of sp³-hybridized carbons (Fsp3) is 0.154. The molecule has 0 unspecified atom stereocenters. The fourth-order valence-corrected chi connectivity index (χ4v) is 3.27. The van der Waals surface area contributed by atoms with Gasteiger partial charge in [0, 0.05) is 4.90 Å². The Bertz CT molecular complexity index is 551. The summed E-state index contributed by atoms with van der Waals surface area (Å²) in [5.74, 6) is 0.760. The van der Waals surface area contributed by atoms with Crippen molar-refractivity contribution in [2.75, 3.05) is 12.9 Å². The molecule has 0 atom stereocenters. The average Bonchev–Trinajstić information content (AvgIpc) is 2.83. The lowest BCUT2D eigenvalue weighted by atomic mass is 10.3. The molecule has 18 heavy (non-hydrogen) atoms. The number of benzene rings is 1. The smallest absolute Gasteiger partial charge is 0.210 e. The van der Waals surface area contributed by atoms with Gasteiger partial charge >= 0.3 is 0 Å². The normalized spacial score (nSPS) is 10.3. The van der Waals surface area contributed by atoms with E-state index in [0.717, 1.165) is 14.4 Å². The van der Waals surface area contributed by atoms with Gasteiger partial charge in [0.2, 0.25) is 5.78 Å². The Kier molecular flexibility index (Phi) is 4.86. The van der Waals surface area contributed by atoms with Crippen molar-refractivity contribution in [1.29, 1.82) is 0 Å². The lowest BCUT2D eigenvalue weighted by Crippen LogP contribution is -2.10. The quantitative estimate of drug-likeness (QED) is 0.591. The number of carbonyl (C=O) groups excluding carboxylic acids is 1. The number of halogens is 1. The van der Waals surface area contributed by atoms with Crippen molar-refractivity contribution in [3.05, 3.63) is 45.1 Å². The molecule has 0 saturated heterocycles. The molecule has 2 aromatic rings. The maximum Gasteiger partial charge on any atom is 0.210 e. The van der Waals surface area contributed by atoms with E-state index in [1.807, 2.05) is 36.6 Å². The lowest BCUT2D eigenvalue weighted by molar-refractivity contribution is 0.0923. The van der Waals surface area contributed by atoms with Gasteiger partial charge in [-0.15, -0.1) is 23.1 Å². The van der Waals surface area contributed by atoms with Crippen LogP contribution in [0.2, 0.25) is 0 Å². The fourth-order valence-electron chi connectivity index (χ4n) is 1.42. The van der Waals surface area contributed by atoms with Crippen LogP contribution in [0.1, 0.15) is 9.67 Å². The number of carbonyl (C=O) groups is 1. The summed E-state index contributed by atoms with van der Waals surface area (Å²) in [6, 6.07) is 11.4. The molecule has 1 heterocycles. The van der Waals surface area contributed by atoms with Crippen molar-refractivity contribution in [3.63, 3.8) is 0 Å². The van der Waals surface area contributed by atoms with Crippen LogP contribution in [-0.2, 0) is 0 Å². The summed E-state index contributed by atoms with van der Waals surface area (Å²) in [5, 5.41) is 0. The third-order valence-corrected chi connectivity index (χ3v) is 4.72. The Morgan fingerprint density at radius 2 is 2.11 bits per heavy atom. The Morgan fingerprint density at radius 3 is 2.78 bits per heavy atom. The number of para-hydroxylation sites is 1. The molecular formula is C13H11BrO2S2. The second kappa shape index (κ2) is 6.41. The van der Waals surface area contributed by atoms with Crippen LogP contribution in [0.25, 0.3) is 0 Å². The number of Topliss-reactive ketones (excluding diaryl/α,β-unsaturated/α-hetero) is 1. The SMILES string of the molecule is CSc1ccccc1OCC(=O)c1ccc(Br)s1. The van der Waals surface area contributed by atoms with Gasteiger partial charge < -0.3 is 4.74 Å². The van der Waals surface area contributed by atoms with E-state index in [4.69, 9.17) is 4.74 Å². The van der Waals surface area contributed by atoms with Gasteiger partial charge in [0.05, 0.1) is 8.66 Å². The number of ketones is 1. The van der Waals surface area contributed by atoms with E-state index in [-0.39, 0.29) is 12.4 Å². The van der Waals surface area contributed by atoms with Crippen LogP contribution < -0.4 is 4.74 Å². The van der Waals surface area contributed by atoms with Gasteiger partial charge in [-0.05, 0) is 46.5 Å². The topological polar surface area (TPSA) is 26.3 Å². The number of rotatable bonds is 5. The Balaban J connectivity index is 2.01. The standard InChI is InChI=1S/C13H11BrO2S2/c1-17-12-5-3-2-4-10(12)16-8-9(15)11-6-7-13(14)18-11/h2-7H,8H2,1H3. The van der Waals surface area contributed by atoms with Crippen LogP contribution in [-0.4, -0.2) is 18.6 Å². The molecule has 0 aliphatic heterocycles. The molecule has 94 valence electrons. The maximum absolute atomic E-state index is 11.9. The van der Waals surface area contributed by atoms with E-state index in [1.165, 1.54) is 11.3 Å². The molecular weight excluding hydrogens is 332 g/mol. The van der Waals surface area contributed by atoms with Gasteiger partial charge in [-0.25, -0.2) is 0 Å². The summed E-state index contributed by atoms with van der Waals surface area (Å²) in [6.07, 6.45) is 1.99. The van der Waals surface area contributed by atoms with Gasteiger partial charge in [-0.2, -0.15) is 0 Å². The van der Waals surface area contributed by atoms with Crippen LogP contribution in [0.5, 0.6) is 5.75 Å². The summed E-state index contributed by atoms with van der Waals surface area (Å²) in [5.41, 5.74) is 0. The number of ether oxygens (including phenoxy) is 1. The first kappa shape index (κ1) is 13.6. The molecule has 2 rings (SSSR count). The van der Waals surface area contributed by atoms with Crippen molar-refractivity contribution >= 4 is 44.8 Å². The number of hydrogen-bond donors (Lipinski definition) is 0. The first-order valence-electron chi connectivity index (χ1n) is 5.25. The van der Waals surface area contributed by atoms with Crippen LogP contribution in [0.15, 0.2) is 45.1 Å². The van der Waals surface area contributed by atoms with Crippen molar-refractivity contribution in [2.24, 2.45) is 0 Å².